The monoisotopic (exact) mass is 502 g/mol. The van der Waals surface area contributed by atoms with Crippen LogP contribution in [0.3, 0.4) is 0 Å². The lowest BCUT2D eigenvalue weighted by atomic mass is 10.2. The third-order valence-electron chi connectivity index (χ3n) is 5.18. The number of aromatic nitrogens is 4. The van der Waals surface area contributed by atoms with Gasteiger partial charge >= 0.3 is 12.1 Å². The molecule has 1 amide bonds. The number of benzene rings is 1. The second-order valence-corrected chi connectivity index (χ2v) is 9.60. The first kappa shape index (κ1) is 22.3. The summed E-state index contributed by atoms with van der Waals surface area (Å²) in [5.74, 6) is 1.35. The van der Waals surface area contributed by atoms with E-state index in [1.807, 2.05) is 46.0 Å². The first-order chi connectivity index (χ1) is 15.1. The Bertz CT molecular complexity index is 1150. The van der Waals surface area contributed by atoms with Crippen molar-refractivity contribution in [3.05, 3.63) is 34.4 Å². The summed E-state index contributed by atoms with van der Waals surface area (Å²) in [6.07, 6.45) is 1.53. The van der Waals surface area contributed by atoms with Crippen molar-refractivity contribution in [1.82, 2.24) is 24.6 Å². The highest BCUT2D eigenvalue weighted by molar-refractivity contribution is 9.10. The molecule has 2 aromatic heterocycles. The fourth-order valence-electron chi connectivity index (χ4n) is 3.55. The molecule has 1 aliphatic rings. The van der Waals surface area contributed by atoms with Gasteiger partial charge in [-0.05, 0) is 45.4 Å². The highest BCUT2D eigenvalue weighted by atomic mass is 79.9. The average molecular weight is 503 g/mol. The molecule has 9 nitrogen and oxygen atoms in total. The summed E-state index contributed by atoms with van der Waals surface area (Å²) in [6.45, 7) is 10.0. The van der Waals surface area contributed by atoms with Gasteiger partial charge in [-0.3, -0.25) is 0 Å². The molecule has 32 heavy (non-hydrogen) atoms. The van der Waals surface area contributed by atoms with Crippen molar-refractivity contribution >= 4 is 38.7 Å². The molecule has 1 aliphatic heterocycles. The molecule has 0 radical (unpaired) electrons. The first-order valence-electron chi connectivity index (χ1n) is 10.4. The summed E-state index contributed by atoms with van der Waals surface area (Å²) in [7, 11) is 1.55. The van der Waals surface area contributed by atoms with Crippen LogP contribution >= 0.6 is 15.9 Å². The zero-order valence-electron chi connectivity index (χ0n) is 18.9. The number of carbonyl (C=O) groups excluding carboxylic acids is 1. The molecule has 0 N–H and O–H groups in total. The Morgan fingerprint density at radius 2 is 1.75 bits per heavy atom. The van der Waals surface area contributed by atoms with E-state index in [-0.39, 0.29) is 12.1 Å². The number of hydrogen-bond acceptors (Lipinski definition) is 7. The van der Waals surface area contributed by atoms with E-state index in [0.29, 0.717) is 32.0 Å². The molecule has 10 heteroatoms. The minimum atomic E-state index is -0.511. The van der Waals surface area contributed by atoms with Gasteiger partial charge in [0.1, 0.15) is 11.4 Å². The standard InChI is InChI=1S/C22H27BrN6O3/c1-14-10-15-13-24-29(17(15)11-16(14)23)19-12-18(25-20(26-19)31-5)27-6-8-28(9-7-27)21(30)32-22(2,3)4/h10-13H,6-9H2,1-5H3. The topological polar surface area (TPSA) is 85.6 Å². The number of rotatable bonds is 3. The highest BCUT2D eigenvalue weighted by Crippen LogP contribution is 2.27. The molecule has 3 heterocycles. The smallest absolute Gasteiger partial charge is 0.410 e. The summed E-state index contributed by atoms with van der Waals surface area (Å²) in [6, 6.07) is 6.28. The van der Waals surface area contributed by atoms with Gasteiger partial charge in [-0.25, -0.2) is 9.48 Å². The molecule has 170 valence electrons. The SMILES string of the molecule is COc1nc(N2CCN(C(=O)OC(C)(C)C)CC2)cc(-n2ncc3cc(C)c(Br)cc32)n1. The second kappa shape index (κ2) is 8.57. The zero-order valence-corrected chi connectivity index (χ0v) is 20.5. The number of anilines is 1. The fraction of sp³-hybridized carbons (Fsp3) is 0.455. The summed E-state index contributed by atoms with van der Waals surface area (Å²) in [5.41, 5.74) is 1.56. The van der Waals surface area contributed by atoms with Gasteiger partial charge in [0.2, 0.25) is 0 Å². The van der Waals surface area contributed by atoms with Gasteiger partial charge in [-0.2, -0.15) is 15.1 Å². The maximum absolute atomic E-state index is 12.4. The molecule has 4 rings (SSSR count). The van der Waals surface area contributed by atoms with E-state index in [1.54, 1.807) is 16.7 Å². The Kier molecular flexibility index (Phi) is 5.98. The van der Waals surface area contributed by atoms with Crippen LogP contribution in [0, 0.1) is 6.92 Å². The largest absolute Gasteiger partial charge is 0.467 e. The number of ether oxygens (including phenoxy) is 2. The van der Waals surface area contributed by atoms with Crippen molar-refractivity contribution < 1.29 is 14.3 Å². The molecule has 1 fully saturated rings. The zero-order chi connectivity index (χ0) is 23.0. The molecular weight excluding hydrogens is 476 g/mol. The van der Waals surface area contributed by atoms with Crippen LogP contribution in [0.1, 0.15) is 26.3 Å². The molecule has 0 spiro atoms. The van der Waals surface area contributed by atoms with E-state index in [4.69, 9.17) is 9.47 Å². The first-order valence-corrected chi connectivity index (χ1v) is 11.2. The van der Waals surface area contributed by atoms with Crippen LogP contribution in [0.5, 0.6) is 6.01 Å². The number of aryl methyl sites for hydroxylation is 1. The minimum Gasteiger partial charge on any atom is -0.467 e. The second-order valence-electron chi connectivity index (χ2n) is 8.74. The van der Waals surface area contributed by atoms with Crippen LogP contribution in [0.2, 0.25) is 0 Å². The van der Waals surface area contributed by atoms with Gasteiger partial charge in [0.05, 0.1) is 18.8 Å². The Morgan fingerprint density at radius 3 is 2.41 bits per heavy atom. The number of halogens is 1. The van der Waals surface area contributed by atoms with Crippen molar-refractivity contribution in [2.45, 2.75) is 33.3 Å². The normalized spacial score (nSPS) is 14.7. The van der Waals surface area contributed by atoms with E-state index in [0.717, 1.165) is 26.8 Å². The average Bonchev–Trinajstić information content (AvgIpc) is 3.15. The quantitative estimate of drug-likeness (QED) is 0.535. The summed E-state index contributed by atoms with van der Waals surface area (Å²) >= 11 is 3.60. The maximum Gasteiger partial charge on any atom is 0.410 e. The number of amides is 1. The van der Waals surface area contributed by atoms with Gasteiger partial charge in [-0.15, -0.1) is 0 Å². The molecule has 0 aliphatic carbocycles. The van der Waals surface area contributed by atoms with Crippen LogP contribution < -0.4 is 9.64 Å². The van der Waals surface area contributed by atoms with E-state index in [9.17, 15) is 4.79 Å². The molecule has 1 aromatic carbocycles. The molecule has 0 bridgehead atoms. The number of nitrogens with zero attached hydrogens (tertiary/aromatic N) is 6. The highest BCUT2D eigenvalue weighted by Gasteiger charge is 2.27. The van der Waals surface area contributed by atoms with Crippen molar-refractivity contribution in [3.8, 4) is 11.8 Å². The molecular formula is C22H27BrN6O3. The van der Waals surface area contributed by atoms with Crippen molar-refractivity contribution in [1.29, 1.82) is 0 Å². The van der Waals surface area contributed by atoms with Crippen LogP contribution in [0.25, 0.3) is 16.7 Å². The Labute approximate surface area is 195 Å². The lowest BCUT2D eigenvalue weighted by molar-refractivity contribution is 0.0240. The van der Waals surface area contributed by atoms with Gasteiger partial charge in [0.15, 0.2) is 5.82 Å². The lowest BCUT2D eigenvalue weighted by Gasteiger charge is -2.36. The maximum atomic E-state index is 12.4. The summed E-state index contributed by atoms with van der Waals surface area (Å²) in [4.78, 5) is 25.3. The Morgan fingerprint density at radius 1 is 1.06 bits per heavy atom. The van der Waals surface area contributed by atoms with Gasteiger partial charge < -0.3 is 19.3 Å². The molecule has 1 saturated heterocycles. The van der Waals surface area contributed by atoms with E-state index < -0.39 is 5.60 Å². The van der Waals surface area contributed by atoms with Gasteiger partial charge in [0, 0.05) is 42.1 Å². The van der Waals surface area contributed by atoms with Crippen LogP contribution in [0.15, 0.2) is 28.9 Å². The summed E-state index contributed by atoms with van der Waals surface area (Å²) < 4.78 is 13.6. The third-order valence-corrected chi connectivity index (χ3v) is 6.04. The lowest BCUT2D eigenvalue weighted by Crippen LogP contribution is -2.50. The summed E-state index contributed by atoms with van der Waals surface area (Å²) in [5, 5.41) is 5.56. The van der Waals surface area contributed by atoms with E-state index in [1.165, 1.54) is 0 Å². The minimum absolute atomic E-state index is 0.266. The molecule has 3 aromatic rings. The number of methoxy groups -OCH3 is 1. The van der Waals surface area contributed by atoms with E-state index in [2.05, 4.69) is 42.0 Å². The van der Waals surface area contributed by atoms with Crippen LogP contribution in [0.4, 0.5) is 10.6 Å². The van der Waals surface area contributed by atoms with Crippen molar-refractivity contribution in [2.24, 2.45) is 0 Å². The number of carbonyl (C=O) groups is 1. The number of hydrogen-bond donors (Lipinski definition) is 0. The Hall–Kier alpha value is -2.88. The number of piperazine rings is 1. The van der Waals surface area contributed by atoms with Crippen molar-refractivity contribution in [2.75, 3.05) is 38.2 Å². The van der Waals surface area contributed by atoms with Crippen LogP contribution in [-0.2, 0) is 4.74 Å². The van der Waals surface area contributed by atoms with Crippen LogP contribution in [-0.4, -0.2) is 69.6 Å². The predicted octanol–water partition coefficient (Wildman–Crippen LogP) is 3.95. The molecule has 0 saturated carbocycles. The predicted molar refractivity (Wildman–Crippen MR) is 126 cm³/mol. The number of fused-ring (bicyclic) bond motifs is 1. The third kappa shape index (κ3) is 4.64. The molecule has 0 unspecified atom stereocenters. The fourth-order valence-corrected chi connectivity index (χ4v) is 3.88. The van der Waals surface area contributed by atoms with Gasteiger partial charge in [0.25, 0.3) is 0 Å². The van der Waals surface area contributed by atoms with E-state index >= 15 is 0 Å². The molecule has 0 atom stereocenters. The van der Waals surface area contributed by atoms with Crippen molar-refractivity contribution in [3.63, 3.8) is 0 Å². The Balaban J connectivity index is 1.59. The van der Waals surface area contributed by atoms with Gasteiger partial charge in [-0.1, -0.05) is 15.9 Å².